The molecule has 1 aliphatic heterocycles. The highest BCUT2D eigenvalue weighted by Gasteiger charge is 2.53. The Bertz CT molecular complexity index is 738. The van der Waals surface area contributed by atoms with Crippen molar-refractivity contribution in [2.24, 2.45) is 17.6 Å². The smallest absolute Gasteiger partial charge is 0.254 e. The first-order valence-corrected chi connectivity index (χ1v) is 8.36. The fraction of sp³-hybridized carbons (Fsp3) is 0.350. The van der Waals surface area contributed by atoms with Crippen LogP contribution < -0.4 is 5.73 Å². The molecule has 0 spiro atoms. The number of nitrogens with two attached hydrogens (primary N) is 1. The van der Waals surface area contributed by atoms with Crippen LogP contribution in [0.1, 0.15) is 22.3 Å². The van der Waals surface area contributed by atoms with Gasteiger partial charge in [0.1, 0.15) is 0 Å². The Morgan fingerprint density at radius 2 is 1.91 bits per heavy atom. The van der Waals surface area contributed by atoms with Crippen LogP contribution in [0, 0.1) is 18.8 Å². The predicted octanol–water partition coefficient (Wildman–Crippen LogP) is 3.08. The Hall–Kier alpha value is -2.13. The molecule has 1 amide bonds. The van der Waals surface area contributed by atoms with Crippen molar-refractivity contribution in [3.8, 4) is 11.1 Å². The lowest BCUT2D eigenvalue weighted by molar-refractivity contribution is 0.0713. The second-order valence-electron chi connectivity index (χ2n) is 6.83. The molecule has 0 radical (unpaired) electrons. The first-order chi connectivity index (χ1) is 11.2. The predicted molar refractivity (Wildman–Crippen MR) is 92.1 cm³/mol. The molecule has 2 aliphatic rings. The minimum Gasteiger partial charge on any atom is -0.334 e. The minimum absolute atomic E-state index is 0.129. The van der Waals surface area contributed by atoms with Gasteiger partial charge in [0, 0.05) is 24.7 Å². The van der Waals surface area contributed by atoms with Crippen LogP contribution in [0.25, 0.3) is 11.1 Å². The van der Waals surface area contributed by atoms with Crippen LogP contribution in [-0.4, -0.2) is 29.9 Å². The van der Waals surface area contributed by atoms with Crippen LogP contribution in [0.15, 0.2) is 48.5 Å². The van der Waals surface area contributed by atoms with E-state index in [0.717, 1.165) is 23.2 Å². The number of benzene rings is 2. The highest BCUT2D eigenvalue weighted by Crippen LogP contribution is 2.49. The molecule has 1 heterocycles. The van der Waals surface area contributed by atoms with Crippen LogP contribution in [0.2, 0.25) is 0 Å². The summed E-state index contributed by atoms with van der Waals surface area (Å²) in [5.41, 5.74) is 10.0. The zero-order chi connectivity index (χ0) is 16.0. The molecule has 2 aromatic rings. The van der Waals surface area contributed by atoms with Crippen LogP contribution in [0.3, 0.4) is 0 Å². The normalized spacial score (nSPS) is 25.3. The molecule has 0 unspecified atom stereocenters. The van der Waals surface area contributed by atoms with Crippen molar-refractivity contribution in [2.75, 3.05) is 13.1 Å². The Kier molecular flexibility index (Phi) is 3.46. The maximum Gasteiger partial charge on any atom is 0.254 e. The summed E-state index contributed by atoms with van der Waals surface area (Å²) >= 11 is 0. The lowest BCUT2D eigenvalue weighted by atomic mass is 9.97. The number of hydrogen-bond donors (Lipinski definition) is 1. The van der Waals surface area contributed by atoms with Crippen LogP contribution >= 0.6 is 0 Å². The first-order valence-electron chi connectivity index (χ1n) is 8.36. The third-order valence-electron chi connectivity index (χ3n) is 5.33. The van der Waals surface area contributed by atoms with Gasteiger partial charge in [-0.3, -0.25) is 4.79 Å². The lowest BCUT2D eigenvalue weighted by Crippen LogP contribution is -2.42. The van der Waals surface area contributed by atoms with Crippen LogP contribution in [0.4, 0.5) is 0 Å². The summed E-state index contributed by atoms with van der Waals surface area (Å²) in [5, 5.41) is 0. The second-order valence-corrected chi connectivity index (χ2v) is 6.83. The standard InChI is InChI=1S/C20H22N2O/c1-13-6-8-14(9-7-13)16-4-2-3-5-17(16)20(23)22-12-15-10-18(15)19(22)11-21/h2-9,15,18-19H,10-12,21H2,1H3/t15-,18-,19-/m1/s1. The molecule has 0 aromatic heterocycles. The van der Waals surface area contributed by atoms with Crippen molar-refractivity contribution < 1.29 is 4.79 Å². The summed E-state index contributed by atoms with van der Waals surface area (Å²) in [5.74, 6) is 1.44. The number of carbonyl (C=O) groups is 1. The molecule has 2 aromatic carbocycles. The molecule has 3 heteroatoms. The van der Waals surface area contributed by atoms with Gasteiger partial charge in [-0.2, -0.15) is 0 Å². The molecule has 1 aliphatic carbocycles. The van der Waals surface area contributed by atoms with E-state index in [9.17, 15) is 4.79 Å². The maximum atomic E-state index is 13.1. The van der Waals surface area contributed by atoms with E-state index in [1.54, 1.807) is 0 Å². The molecule has 2 N–H and O–H groups in total. The average molecular weight is 306 g/mol. The zero-order valence-electron chi connectivity index (χ0n) is 13.4. The Morgan fingerprint density at radius 1 is 1.17 bits per heavy atom. The topological polar surface area (TPSA) is 46.3 Å². The van der Waals surface area contributed by atoms with Gasteiger partial charge < -0.3 is 10.6 Å². The molecular weight excluding hydrogens is 284 g/mol. The summed E-state index contributed by atoms with van der Waals surface area (Å²) < 4.78 is 0. The third kappa shape index (κ3) is 2.45. The Morgan fingerprint density at radius 3 is 2.65 bits per heavy atom. The van der Waals surface area contributed by atoms with Gasteiger partial charge >= 0.3 is 0 Å². The fourth-order valence-corrected chi connectivity index (χ4v) is 3.92. The molecule has 1 saturated heterocycles. The van der Waals surface area contributed by atoms with Gasteiger partial charge in [0.25, 0.3) is 5.91 Å². The van der Waals surface area contributed by atoms with Crippen molar-refractivity contribution in [2.45, 2.75) is 19.4 Å². The monoisotopic (exact) mass is 306 g/mol. The molecule has 23 heavy (non-hydrogen) atoms. The number of nitrogens with zero attached hydrogens (tertiary/aromatic N) is 1. The second kappa shape index (κ2) is 5.50. The van der Waals surface area contributed by atoms with E-state index in [1.165, 1.54) is 12.0 Å². The van der Waals surface area contributed by atoms with Crippen molar-refractivity contribution in [3.05, 3.63) is 59.7 Å². The average Bonchev–Trinajstić information content (AvgIpc) is 3.26. The number of carbonyl (C=O) groups excluding carboxylic acids is 1. The van der Waals surface area contributed by atoms with E-state index in [-0.39, 0.29) is 11.9 Å². The van der Waals surface area contributed by atoms with Gasteiger partial charge in [-0.05, 0) is 42.4 Å². The number of fused-ring (bicyclic) bond motifs is 1. The Balaban J connectivity index is 1.69. The van der Waals surface area contributed by atoms with Gasteiger partial charge in [0.2, 0.25) is 0 Å². The van der Waals surface area contributed by atoms with Crippen molar-refractivity contribution in [1.29, 1.82) is 0 Å². The van der Waals surface area contributed by atoms with E-state index in [1.807, 2.05) is 29.2 Å². The molecule has 4 rings (SSSR count). The molecule has 1 saturated carbocycles. The van der Waals surface area contributed by atoms with Gasteiger partial charge in [-0.1, -0.05) is 48.0 Å². The summed E-state index contributed by atoms with van der Waals surface area (Å²) in [7, 11) is 0. The summed E-state index contributed by atoms with van der Waals surface area (Å²) in [6.45, 7) is 3.51. The minimum atomic E-state index is 0.129. The maximum absolute atomic E-state index is 13.1. The SMILES string of the molecule is Cc1ccc(-c2ccccc2C(=O)N2C[C@H]3C[C@H]3[C@H]2CN)cc1. The van der Waals surface area contributed by atoms with Gasteiger partial charge in [-0.15, -0.1) is 0 Å². The summed E-state index contributed by atoms with van der Waals surface area (Å²) in [4.78, 5) is 15.1. The number of aryl methyl sites for hydroxylation is 1. The van der Waals surface area contributed by atoms with E-state index in [0.29, 0.717) is 18.4 Å². The van der Waals surface area contributed by atoms with Crippen LogP contribution in [0.5, 0.6) is 0 Å². The highest BCUT2D eigenvalue weighted by atomic mass is 16.2. The first kappa shape index (κ1) is 14.5. The molecule has 2 fully saturated rings. The quantitative estimate of drug-likeness (QED) is 0.947. The number of hydrogen-bond acceptors (Lipinski definition) is 2. The number of likely N-dealkylation sites (tertiary alicyclic amines) is 1. The zero-order valence-corrected chi connectivity index (χ0v) is 13.4. The lowest BCUT2D eigenvalue weighted by Gasteiger charge is -2.27. The molecule has 3 nitrogen and oxygen atoms in total. The van der Waals surface area contributed by atoms with Gasteiger partial charge in [0.05, 0.1) is 0 Å². The third-order valence-corrected chi connectivity index (χ3v) is 5.33. The molecule has 118 valence electrons. The Labute approximate surface area is 137 Å². The molecule has 3 atom stereocenters. The summed E-state index contributed by atoms with van der Waals surface area (Å²) in [6.07, 6.45) is 1.24. The van der Waals surface area contributed by atoms with Crippen molar-refractivity contribution >= 4 is 5.91 Å². The van der Waals surface area contributed by atoms with Crippen LogP contribution in [-0.2, 0) is 0 Å². The van der Waals surface area contributed by atoms with Gasteiger partial charge in [0.15, 0.2) is 0 Å². The van der Waals surface area contributed by atoms with E-state index in [2.05, 4.69) is 31.2 Å². The molecular formula is C20H22N2O. The summed E-state index contributed by atoms with van der Waals surface area (Å²) in [6, 6.07) is 16.5. The van der Waals surface area contributed by atoms with Gasteiger partial charge in [-0.25, -0.2) is 0 Å². The van der Waals surface area contributed by atoms with E-state index >= 15 is 0 Å². The molecule has 0 bridgehead atoms. The van der Waals surface area contributed by atoms with Crippen molar-refractivity contribution in [3.63, 3.8) is 0 Å². The highest BCUT2D eigenvalue weighted by molar-refractivity contribution is 6.01. The number of piperidine rings is 1. The van der Waals surface area contributed by atoms with E-state index < -0.39 is 0 Å². The van der Waals surface area contributed by atoms with Crippen molar-refractivity contribution in [1.82, 2.24) is 4.90 Å². The number of amides is 1. The largest absolute Gasteiger partial charge is 0.334 e. The number of rotatable bonds is 3. The van der Waals surface area contributed by atoms with E-state index in [4.69, 9.17) is 5.73 Å². The fourth-order valence-electron chi connectivity index (χ4n) is 3.92.